The first-order chi connectivity index (χ1) is 5.79. The smallest absolute Gasteiger partial charge is 0.0539 e. The molecule has 3 rings (SSSR count). The molecule has 0 bridgehead atoms. The van der Waals surface area contributed by atoms with Crippen LogP contribution in [0.5, 0.6) is 0 Å². The first-order valence-corrected chi connectivity index (χ1v) is 4.36. The van der Waals surface area contributed by atoms with E-state index in [4.69, 9.17) is 0 Å². The van der Waals surface area contributed by atoms with Crippen molar-refractivity contribution < 1.29 is 0 Å². The molecule has 2 aromatic rings. The highest BCUT2D eigenvalue weighted by atomic mass is 15.0. The molecule has 0 atom stereocenters. The minimum absolute atomic E-state index is 1.12. The molecule has 1 aliphatic rings. The van der Waals surface area contributed by atoms with Gasteiger partial charge in [0.15, 0.2) is 0 Å². The maximum absolute atomic E-state index is 2.40. The summed E-state index contributed by atoms with van der Waals surface area (Å²) < 4.78 is 2.40. The Kier molecular flexibility index (Phi) is 0.912. The average Bonchev–Trinajstić information content (AvgIpc) is 2.24. The van der Waals surface area contributed by atoms with Crippen molar-refractivity contribution in [1.82, 2.24) is 4.57 Å². The van der Waals surface area contributed by atoms with Crippen LogP contribution in [0.15, 0.2) is 18.2 Å². The van der Waals surface area contributed by atoms with Gasteiger partial charge in [-0.25, -0.2) is 0 Å². The van der Waals surface area contributed by atoms with Crippen LogP contribution < -0.4 is 0 Å². The summed E-state index contributed by atoms with van der Waals surface area (Å²) in [5.41, 5.74) is 5.85. The Morgan fingerprint density at radius 3 is 2.83 bits per heavy atom. The summed E-state index contributed by atoms with van der Waals surface area (Å²) in [7, 11) is 0. The van der Waals surface area contributed by atoms with Gasteiger partial charge in [0.1, 0.15) is 0 Å². The van der Waals surface area contributed by atoms with E-state index in [0.717, 1.165) is 6.54 Å². The van der Waals surface area contributed by atoms with Crippen molar-refractivity contribution >= 4 is 10.9 Å². The number of aryl methyl sites for hydroxylation is 1. The minimum atomic E-state index is 1.12. The lowest BCUT2D eigenvalue weighted by Gasteiger charge is -2.19. The van der Waals surface area contributed by atoms with E-state index in [1.165, 1.54) is 27.7 Å². The fraction of sp³-hybridized carbons (Fsp3) is 0.273. The van der Waals surface area contributed by atoms with Crippen LogP contribution in [0.4, 0.5) is 0 Å². The lowest BCUT2D eigenvalue weighted by atomic mass is 10.1. The molecule has 0 amide bonds. The standard InChI is InChI=1S/C11H11N/c1-7-8(2)12-6-9-4-3-5-10(7)11(9)12/h3-5H,6H2,1-2H3. The van der Waals surface area contributed by atoms with Gasteiger partial charge in [0.05, 0.1) is 5.52 Å². The third kappa shape index (κ3) is 0.492. The summed E-state index contributed by atoms with van der Waals surface area (Å²) in [5, 5.41) is 1.44. The van der Waals surface area contributed by atoms with Gasteiger partial charge in [0.2, 0.25) is 0 Å². The molecule has 0 fully saturated rings. The number of para-hydroxylation sites is 1. The highest BCUT2D eigenvalue weighted by Gasteiger charge is 2.20. The van der Waals surface area contributed by atoms with Crippen LogP contribution in [0.25, 0.3) is 10.9 Å². The normalized spacial score (nSPS) is 13.5. The molecule has 1 aromatic heterocycles. The molecule has 1 aliphatic heterocycles. The Balaban J connectivity index is 2.63. The molecule has 0 radical (unpaired) electrons. The van der Waals surface area contributed by atoms with Gasteiger partial charge in [-0.2, -0.15) is 0 Å². The van der Waals surface area contributed by atoms with Crippen LogP contribution in [0.2, 0.25) is 0 Å². The maximum atomic E-state index is 2.40. The summed E-state index contributed by atoms with van der Waals surface area (Å²) >= 11 is 0. The molecule has 0 unspecified atom stereocenters. The van der Waals surface area contributed by atoms with E-state index >= 15 is 0 Å². The third-order valence-corrected chi connectivity index (χ3v) is 3.07. The van der Waals surface area contributed by atoms with E-state index < -0.39 is 0 Å². The Hall–Kier alpha value is -1.24. The van der Waals surface area contributed by atoms with Crippen LogP contribution in [0.3, 0.4) is 0 Å². The second-order valence-electron chi connectivity index (χ2n) is 3.61. The Morgan fingerprint density at radius 2 is 2.08 bits per heavy atom. The molecular formula is C11H11N. The van der Waals surface area contributed by atoms with Gasteiger partial charge in [-0.05, 0) is 25.0 Å². The number of hydrogen-bond acceptors (Lipinski definition) is 0. The van der Waals surface area contributed by atoms with Gasteiger partial charge >= 0.3 is 0 Å². The van der Waals surface area contributed by atoms with Crippen LogP contribution in [0.1, 0.15) is 16.8 Å². The van der Waals surface area contributed by atoms with E-state index in [-0.39, 0.29) is 0 Å². The molecule has 1 nitrogen and oxygen atoms in total. The highest BCUT2D eigenvalue weighted by Crippen LogP contribution is 2.34. The number of benzene rings is 1. The monoisotopic (exact) mass is 157 g/mol. The van der Waals surface area contributed by atoms with Gasteiger partial charge in [-0.15, -0.1) is 0 Å². The van der Waals surface area contributed by atoms with Crippen LogP contribution >= 0.6 is 0 Å². The molecule has 2 heterocycles. The van der Waals surface area contributed by atoms with E-state index in [2.05, 4.69) is 36.6 Å². The van der Waals surface area contributed by atoms with E-state index in [9.17, 15) is 0 Å². The van der Waals surface area contributed by atoms with Crippen molar-refractivity contribution in [3.63, 3.8) is 0 Å². The summed E-state index contributed by atoms with van der Waals surface area (Å²) in [5.74, 6) is 0. The maximum Gasteiger partial charge on any atom is 0.0539 e. The van der Waals surface area contributed by atoms with Gasteiger partial charge in [0, 0.05) is 17.6 Å². The third-order valence-electron chi connectivity index (χ3n) is 3.07. The molecule has 12 heavy (non-hydrogen) atoms. The SMILES string of the molecule is Cc1c(C)n2c3c(cccc13)C2. The first-order valence-electron chi connectivity index (χ1n) is 4.36. The van der Waals surface area contributed by atoms with E-state index in [1.54, 1.807) is 0 Å². The van der Waals surface area contributed by atoms with Crippen molar-refractivity contribution in [2.45, 2.75) is 20.4 Å². The number of aromatic nitrogens is 1. The van der Waals surface area contributed by atoms with Crippen molar-refractivity contribution in [2.24, 2.45) is 0 Å². The largest absolute Gasteiger partial charge is 0.340 e. The molecule has 1 aromatic carbocycles. The predicted octanol–water partition coefficient (Wildman–Crippen LogP) is 2.62. The van der Waals surface area contributed by atoms with Crippen molar-refractivity contribution in [3.8, 4) is 0 Å². The quantitative estimate of drug-likeness (QED) is 0.472. The summed E-state index contributed by atoms with van der Waals surface area (Å²) in [6.45, 7) is 5.54. The van der Waals surface area contributed by atoms with Crippen LogP contribution in [0, 0.1) is 13.8 Å². The van der Waals surface area contributed by atoms with Gasteiger partial charge in [-0.1, -0.05) is 18.2 Å². The van der Waals surface area contributed by atoms with Crippen LogP contribution in [-0.4, -0.2) is 4.57 Å². The Bertz CT molecular complexity index is 464. The molecule has 0 saturated carbocycles. The van der Waals surface area contributed by atoms with Gasteiger partial charge in [0.25, 0.3) is 0 Å². The van der Waals surface area contributed by atoms with Gasteiger partial charge in [-0.3, -0.25) is 0 Å². The molecule has 0 spiro atoms. The summed E-state index contributed by atoms with van der Waals surface area (Å²) in [4.78, 5) is 0. The van der Waals surface area contributed by atoms with Crippen molar-refractivity contribution in [1.29, 1.82) is 0 Å². The number of nitrogens with zero attached hydrogens (tertiary/aromatic N) is 1. The lowest BCUT2D eigenvalue weighted by molar-refractivity contribution is 0.746. The number of hydrogen-bond donors (Lipinski definition) is 0. The zero-order valence-corrected chi connectivity index (χ0v) is 7.39. The fourth-order valence-electron chi connectivity index (χ4n) is 2.18. The molecule has 1 heteroatoms. The first kappa shape index (κ1) is 6.30. The fourth-order valence-corrected chi connectivity index (χ4v) is 2.18. The molecule has 0 N–H and O–H groups in total. The summed E-state index contributed by atoms with van der Waals surface area (Å²) in [6.07, 6.45) is 0. The topological polar surface area (TPSA) is 4.93 Å². The zero-order valence-electron chi connectivity index (χ0n) is 7.39. The average molecular weight is 157 g/mol. The minimum Gasteiger partial charge on any atom is -0.340 e. The lowest BCUT2D eigenvalue weighted by Crippen LogP contribution is -2.12. The van der Waals surface area contributed by atoms with Crippen molar-refractivity contribution in [3.05, 3.63) is 35.0 Å². The predicted molar refractivity (Wildman–Crippen MR) is 50.5 cm³/mol. The van der Waals surface area contributed by atoms with E-state index in [1.807, 2.05) is 0 Å². The molecule has 0 aliphatic carbocycles. The van der Waals surface area contributed by atoms with Crippen LogP contribution in [-0.2, 0) is 6.54 Å². The van der Waals surface area contributed by atoms with E-state index in [0.29, 0.717) is 0 Å². The molecule has 60 valence electrons. The van der Waals surface area contributed by atoms with Crippen molar-refractivity contribution in [2.75, 3.05) is 0 Å². The summed E-state index contributed by atoms with van der Waals surface area (Å²) in [6, 6.07) is 6.60. The molecular weight excluding hydrogens is 146 g/mol. The Labute approximate surface area is 71.6 Å². The second-order valence-corrected chi connectivity index (χ2v) is 3.61. The second kappa shape index (κ2) is 1.74. The Morgan fingerprint density at radius 1 is 1.25 bits per heavy atom. The van der Waals surface area contributed by atoms with Gasteiger partial charge < -0.3 is 4.57 Å². The molecule has 0 saturated heterocycles. The highest BCUT2D eigenvalue weighted by molar-refractivity contribution is 5.91. The number of rotatable bonds is 0. The zero-order chi connectivity index (χ0) is 8.29.